The van der Waals surface area contributed by atoms with E-state index in [1.54, 1.807) is 0 Å². The number of aliphatic hydroxyl groups is 1. The topological polar surface area (TPSA) is 87.1 Å². The van der Waals surface area contributed by atoms with E-state index in [1.165, 1.54) is 20.0 Å². The molecule has 0 fully saturated rings. The van der Waals surface area contributed by atoms with Crippen LogP contribution in [0.5, 0.6) is 0 Å². The number of nitrogens with one attached hydrogen (secondary N) is 2. The summed E-state index contributed by atoms with van der Waals surface area (Å²) in [5, 5.41) is 15.2. The smallest absolute Gasteiger partial charge is 0.389 e. The lowest BCUT2D eigenvalue weighted by atomic mass is 10.0. The molecule has 0 aromatic carbocycles. The number of hydrogen-bond donors (Lipinski definition) is 3. The van der Waals surface area contributed by atoms with Crippen molar-refractivity contribution in [2.24, 2.45) is 0 Å². The molecule has 2 aromatic rings. The van der Waals surface area contributed by atoms with Gasteiger partial charge in [-0.15, -0.1) is 11.3 Å². The summed E-state index contributed by atoms with van der Waals surface area (Å²) < 4.78 is 41.0. The summed E-state index contributed by atoms with van der Waals surface area (Å²) in [5.41, 5.74) is -2.52. The molecule has 3 N–H and O–H groups in total. The summed E-state index contributed by atoms with van der Waals surface area (Å²) in [6, 6.07) is 0.973. The lowest BCUT2D eigenvalue weighted by molar-refractivity contribution is -0.137. The van der Waals surface area contributed by atoms with Crippen LogP contribution in [0.2, 0.25) is 0 Å². The molecule has 10 heteroatoms. The number of rotatable bonds is 7. The van der Waals surface area contributed by atoms with Gasteiger partial charge in [-0.25, -0.2) is 9.97 Å². The highest BCUT2D eigenvalue weighted by Crippen LogP contribution is 2.40. The van der Waals surface area contributed by atoms with Crippen LogP contribution in [0.15, 0.2) is 18.5 Å². The fourth-order valence-electron chi connectivity index (χ4n) is 2.27. The van der Waals surface area contributed by atoms with Gasteiger partial charge in [0.25, 0.3) is 5.91 Å². The first kappa shape index (κ1) is 23.1. The average molecular weight is 430 g/mol. The monoisotopic (exact) mass is 430 g/mol. The van der Waals surface area contributed by atoms with E-state index >= 15 is 0 Å². The Bertz CT molecular complexity index is 873. The second kappa shape index (κ2) is 8.27. The summed E-state index contributed by atoms with van der Waals surface area (Å²) in [7, 11) is 0. The molecule has 0 radical (unpaired) electrons. The molecule has 6 nitrogen and oxygen atoms in total. The SMILES string of the molecule is CCC(C)(C)Nc1cc(C(F)(F)F)c(-c2cnc(C(=O)NCC(C)(C)O)s2)cn1. The van der Waals surface area contributed by atoms with Crippen LogP contribution in [-0.2, 0) is 6.18 Å². The third-order valence-electron chi connectivity index (χ3n) is 4.21. The van der Waals surface area contributed by atoms with E-state index in [1.807, 2.05) is 20.8 Å². The van der Waals surface area contributed by atoms with Gasteiger partial charge in [0.05, 0.1) is 16.0 Å². The maximum atomic E-state index is 13.7. The molecule has 0 bridgehead atoms. The van der Waals surface area contributed by atoms with E-state index in [-0.39, 0.29) is 27.8 Å². The van der Waals surface area contributed by atoms with Gasteiger partial charge in [-0.3, -0.25) is 4.79 Å². The number of hydrogen-bond acceptors (Lipinski definition) is 6. The number of aromatic nitrogens is 2. The van der Waals surface area contributed by atoms with Crippen molar-refractivity contribution in [3.05, 3.63) is 29.0 Å². The number of carbonyl (C=O) groups excluding carboxylic acids is 1. The van der Waals surface area contributed by atoms with Crippen molar-refractivity contribution in [3.63, 3.8) is 0 Å². The summed E-state index contributed by atoms with van der Waals surface area (Å²) >= 11 is 0.833. The normalized spacial score (nSPS) is 12.7. The minimum Gasteiger partial charge on any atom is -0.389 e. The Morgan fingerprint density at radius 1 is 1.17 bits per heavy atom. The summed E-state index contributed by atoms with van der Waals surface area (Å²) in [5.74, 6) is -0.437. The molecule has 0 aliphatic heterocycles. The third-order valence-corrected chi connectivity index (χ3v) is 5.24. The van der Waals surface area contributed by atoms with Gasteiger partial charge >= 0.3 is 6.18 Å². The van der Waals surface area contributed by atoms with Gasteiger partial charge in [-0.05, 0) is 40.2 Å². The standard InChI is InChI=1S/C19H25F3N4O2S/c1-6-17(2,3)26-14-7-12(19(20,21)22)11(8-23-14)13-9-24-16(29-13)15(27)25-10-18(4,5)28/h7-9,28H,6,10H2,1-5H3,(H,23,26)(H,25,27). The third kappa shape index (κ3) is 6.40. The molecule has 0 aliphatic rings. The molecule has 2 heterocycles. The fourth-order valence-corrected chi connectivity index (χ4v) is 3.12. The molecular weight excluding hydrogens is 405 g/mol. The Morgan fingerprint density at radius 2 is 1.83 bits per heavy atom. The Balaban J connectivity index is 2.35. The molecule has 2 rings (SSSR count). The zero-order valence-corrected chi connectivity index (χ0v) is 17.8. The molecule has 0 unspecified atom stereocenters. The van der Waals surface area contributed by atoms with E-state index in [2.05, 4.69) is 20.6 Å². The van der Waals surface area contributed by atoms with Gasteiger partial charge in [0.1, 0.15) is 5.82 Å². The number of carbonyl (C=O) groups is 1. The quantitative estimate of drug-likeness (QED) is 0.609. The van der Waals surface area contributed by atoms with Crippen LogP contribution in [-0.4, -0.2) is 38.7 Å². The van der Waals surface area contributed by atoms with Crippen LogP contribution in [0, 0.1) is 0 Å². The van der Waals surface area contributed by atoms with E-state index in [0.717, 1.165) is 23.6 Å². The minimum absolute atomic E-state index is 0.00620. The van der Waals surface area contributed by atoms with Crippen LogP contribution < -0.4 is 10.6 Å². The Kier molecular flexibility index (Phi) is 6.58. The molecule has 1 amide bonds. The Labute approximate surface area is 171 Å². The van der Waals surface area contributed by atoms with Gasteiger partial charge in [-0.1, -0.05) is 6.92 Å². The molecule has 0 aliphatic carbocycles. The molecule has 29 heavy (non-hydrogen) atoms. The first-order valence-corrected chi connectivity index (χ1v) is 9.86. The number of amides is 1. The Hall–Kier alpha value is -2.20. The van der Waals surface area contributed by atoms with E-state index in [9.17, 15) is 23.1 Å². The molecule has 0 spiro atoms. The lowest BCUT2D eigenvalue weighted by Crippen LogP contribution is -2.38. The van der Waals surface area contributed by atoms with Gasteiger partial charge < -0.3 is 15.7 Å². The summed E-state index contributed by atoms with van der Waals surface area (Å²) in [6.45, 7) is 8.71. The highest BCUT2D eigenvalue weighted by Gasteiger charge is 2.35. The first-order valence-electron chi connectivity index (χ1n) is 9.04. The van der Waals surface area contributed by atoms with Crippen molar-refractivity contribution >= 4 is 23.1 Å². The van der Waals surface area contributed by atoms with Gasteiger partial charge in [0.2, 0.25) is 0 Å². The molecule has 0 atom stereocenters. The largest absolute Gasteiger partial charge is 0.417 e. The molecule has 0 saturated heterocycles. The fraction of sp³-hybridized carbons (Fsp3) is 0.526. The van der Waals surface area contributed by atoms with Crippen molar-refractivity contribution in [1.82, 2.24) is 15.3 Å². The van der Waals surface area contributed by atoms with Crippen molar-refractivity contribution < 1.29 is 23.1 Å². The number of anilines is 1. The predicted molar refractivity (Wildman–Crippen MR) is 107 cm³/mol. The molecular formula is C19H25F3N4O2S. The lowest BCUT2D eigenvalue weighted by Gasteiger charge is -2.26. The van der Waals surface area contributed by atoms with E-state index in [4.69, 9.17) is 0 Å². The van der Waals surface area contributed by atoms with E-state index < -0.39 is 28.8 Å². The van der Waals surface area contributed by atoms with Crippen LogP contribution >= 0.6 is 11.3 Å². The van der Waals surface area contributed by atoms with Crippen LogP contribution in [0.3, 0.4) is 0 Å². The summed E-state index contributed by atoms with van der Waals surface area (Å²) in [4.78, 5) is 20.4. The molecule has 2 aromatic heterocycles. The van der Waals surface area contributed by atoms with Gasteiger partial charge in [0, 0.05) is 30.0 Å². The maximum Gasteiger partial charge on any atom is 0.417 e. The maximum absolute atomic E-state index is 13.7. The van der Waals surface area contributed by atoms with Crippen molar-refractivity contribution in [2.45, 2.75) is 58.4 Å². The second-order valence-corrected chi connectivity index (χ2v) is 9.03. The van der Waals surface area contributed by atoms with Crippen molar-refractivity contribution in [2.75, 3.05) is 11.9 Å². The summed E-state index contributed by atoms with van der Waals surface area (Å²) in [6.07, 6.45) is -1.53. The minimum atomic E-state index is -4.60. The van der Waals surface area contributed by atoms with E-state index in [0.29, 0.717) is 6.42 Å². The second-order valence-electron chi connectivity index (χ2n) is 8.00. The zero-order valence-electron chi connectivity index (χ0n) is 16.9. The molecule has 160 valence electrons. The number of nitrogens with zero attached hydrogens (tertiary/aromatic N) is 2. The number of pyridine rings is 1. The van der Waals surface area contributed by atoms with Gasteiger partial charge in [0.15, 0.2) is 5.01 Å². The number of halogens is 3. The zero-order chi connectivity index (χ0) is 22.0. The highest BCUT2D eigenvalue weighted by atomic mass is 32.1. The van der Waals surface area contributed by atoms with Crippen LogP contribution in [0.1, 0.15) is 56.4 Å². The van der Waals surface area contributed by atoms with Crippen LogP contribution in [0.4, 0.5) is 19.0 Å². The van der Waals surface area contributed by atoms with Crippen LogP contribution in [0.25, 0.3) is 10.4 Å². The Morgan fingerprint density at radius 3 is 2.38 bits per heavy atom. The average Bonchev–Trinajstić information content (AvgIpc) is 3.08. The molecule has 0 saturated carbocycles. The number of alkyl halides is 3. The van der Waals surface area contributed by atoms with Crippen molar-refractivity contribution in [1.29, 1.82) is 0 Å². The highest BCUT2D eigenvalue weighted by molar-refractivity contribution is 7.17. The van der Waals surface area contributed by atoms with Gasteiger partial charge in [-0.2, -0.15) is 13.2 Å². The number of thiazole rings is 1. The van der Waals surface area contributed by atoms with Crippen molar-refractivity contribution in [3.8, 4) is 10.4 Å². The first-order chi connectivity index (χ1) is 13.2. The predicted octanol–water partition coefficient (Wildman–Crippen LogP) is 4.33.